The first kappa shape index (κ1) is 22.6. The Morgan fingerprint density at radius 3 is 2.38 bits per heavy atom. The molecule has 10 heteroatoms. The van der Waals surface area contributed by atoms with Gasteiger partial charge in [-0.1, -0.05) is 48.0 Å². The van der Waals surface area contributed by atoms with Crippen LogP contribution in [0.5, 0.6) is 0 Å². The van der Waals surface area contributed by atoms with E-state index in [0.717, 1.165) is 18.7 Å². The van der Waals surface area contributed by atoms with Gasteiger partial charge in [-0.25, -0.2) is 14.2 Å². The Labute approximate surface area is 202 Å². The number of hydrogen-bond donors (Lipinski definition) is 1. The number of piperazine rings is 1. The quantitative estimate of drug-likeness (QED) is 0.721. The average Bonchev–Trinajstić information content (AvgIpc) is 3.21. The largest absolute Gasteiger partial charge is 0.340 e. The van der Waals surface area contributed by atoms with Gasteiger partial charge in [-0.05, 0) is 17.7 Å². The van der Waals surface area contributed by atoms with Crippen molar-refractivity contribution in [1.82, 2.24) is 24.9 Å². The molecular formula is C24H26ClFN6O2. The first-order valence-electron chi connectivity index (χ1n) is 11.3. The summed E-state index contributed by atoms with van der Waals surface area (Å²) in [7, 11) is 1.64. The molecule has 0 aliphatic carbocycles. The first-order valence-corrected chi connectivity index (χ1v) is 11.7. The molecule has 1 N–H and O–H groups in total. The number of halogens is 2. The van der Waals surface area contributed by atoms with Gasteiger partial charge < -0.3 is 14.7 Å². The lowest BCUT2D eigenvalue weighted by atomic mass is 10.1. The Balaban J connectivity index is 1.36. The number of likely N-dealkylation sites (N-methyl/N-ethyl adjacent to an activating group) is 1. The normalized spacial score (nSPS) is 23.1. The highest BCUT2D eigenvalue weighted by atomic mass is 35.5. The maximum Gasteiger partial charge on any atom is 0.325 e. The van der Waals surface area contributed by atoms with Crippen molar-refractivity contribution in [2.24, 2.45) is 4.99 Å². The van der Waals surface area contributed by atoms with Gasteiger partial charge >= 0.3 is 6.03 Å². The Kier molecular flexibility index (Phi) is 6.14. The fraction of sp³-hybridized carbons (Fsp3) is 0.375. The third-order valence-electron chi connectivity index (χ3n) is 6.64. The second-order valence-corrected chi connectivity index (χ2v) is 9.17. The van der Waals surface area contributed by atoms with E-state index in [0.29, 0.717) is 42.7 Å². The predicted octanol–water partition coefficient (Wildman–Crippen LogP) is 2.34. The van der Waals surface area contributed by atoms with E-state index in [1.165, 1.54) is 11.0 Å². The van der Waals surface area contributed by atoms with Gasteiger partial charge in [-0.15, -0.1) is 0 Å². The number of nitrogens with zero attached hydrogens (tertiary/aromatic N) is 5. The number of aliphatic imine (C=N–C) groups is 1. The number of fused-ring (bicyclic) bond motifs is 1. The maximum atomic E-state index is 14.1. The molecule has 3 aliphatic heterocycles. The van der Waals surface area contributed by atoms with Crippen molar-refractivity contribution in [1.29, 1.82) is 0 Å². The molecule has 0 bridgehead atoms. The molecule has 0 aromatic heterocycles. The van der Waals surface area contributed by atoms with E-state index >= 15 is 0 Å². The van der Waals surface area contributed by atoms with Crippen molar-refractivity contribution < 1.29 is 14.0 Å². The van der Waals surface area contributed by atoms with E-state index in [2.05, 4.69) is 15.1 Å². The van der Waals surface area contributed by atoms with E-state index in [9.17, 15) is 14.0 Å². The van der Waals surface area contributed by atoms with E-state index in [1.807, 2.05) is 41.3 Å². The predicted molar refractivity (Wildman–Crippen MR) is 127 cm³/mol. The van der Waals surface area contributed by atoms with E-state index in [-0.39, 0.29) is 11.7 Å². The third kappa shape index (κ3) is 4.21. The molecular weight excluding hydrogens is 459 g/mol. The van der Waals surface area contributed by atoms with Gasteiger partial charge in [0, 0.05) is 56.9 Å². The highest BCUT2D eigenvalue weighted by molar-refractivity contribution is 6.31. The number of amides is 3. The number of hydrogen-bond acceptors (Lipinski definition) is 6. The number of carbonyl (C=O) groups excluding carboxylic acids is 2. The minimum absolute atomic E-state index is 0.196. The summed E-state index contributed by atoms with van der Waals surface area (Å²) in [5, 5.41) is 3.04. The lowest BCUT2D eigenvalue weighted by Gasteiger charge is -2.40. The molecule has 3 amide bonds. The van der Waals surface area contributed by atoms with Gasteiger partial charge in [0.15, 0.2) is 18.2 Å². The minimum Gasteiger partial charge on any atom is -0.340 e. The second-order valence-electron chi connectivity index (χ2n) is 8.77. The third-order valence-corrected chi connectivity index (χ3v) is 7.01. The van der Waals surface area contributed by atoms with E-state index < -0.39 is 18.2 Å². The smallest absolute Gasteiger partial charge is 0.325 e. The molecule has 34 heavy (non-hydrogen) atoms. The topological polar surface area (TPSA) is 71.5 Å². The molecule has 0 saturated carbocycles. The van der Waals surface area contributed by atoms with Crippen LogP contribution in [0.2, 0.25) is 5.02 Å². The van der Waals surface area contributed by atoms with Gasteiger partial charge in [-0.3, -0.25) is 15.0 Å². The fourth-order valence-corrected chi connectivity index (χ4v) is 4.92. The standard InChI is InChI=1S/C24H26ClFN6O2/c1-29-21-20(22(33)28-24(29)34)32(15-16-6-2-4-8-18(16)25)23(27-21)31-12-10-30(11-13-31)14-17-7-3-5-9-19(17)26/h2-9,20-21H,10-15H2,1H3,(H,28,33,34). The van der Waals surface area contributed by atoms with Crippen molar-refractivity contribution in [3.63, 3.8) is 0 Å². The Morgan fingerprint density at radius 1 is 1.00 bits per heavy atom. The number of benzene rings is 2. The molecule has 8 nitrogen and oxygen atoms in total. The average molecular weight is 485 g/mol. The van der Waals surface area contributed by atoms with Crippen LogP contribution in [0.4, 0.5) is 9.18 Å². The molecule has 2 aromatic carbocycles. The number of carbonyl (C=O) groups is 2. The second kappa shape index (κ2) is 9.23. The van der Waals surface area contributed by atoms with Crippen molar-refractivity contribution in [2.75, 3.05) is 33.2 Å². The summed E-state index contributed by atoms with van der Waals surface area (Å²) in [6.45, 7) is 3.73. The number of urea groups is 1. The SMILES string of the molecule is CN1C(=O)NC(=O)C2C1N=C(N1CCN(Cc3ccccc3F)CC1)N2Cc1ccccc1Cl. The van der Waals surface area contributed by atoms with Crippen molar-refractivity contribution in [2.45, 2.75) is 25.3 Å². The highest BCUT2D eigenvalue weighted by Gasteiger charge is 2.50. The van der Waals surface area contributed by atoms with Gasteiger partial charge in [-0.2, -0.15) is 0 Å². The molecule has 0 spiro atoms. The molecule has 2 fully saturated rings. The molecule has 0 radical (unpaired) electrons. The fourth-order valence-electron chi connectivity index (χ4n) is 4.73. The zero-order valence-corrected chi connectivity index (χ0v) is 19.6. The van der Waals surface area contributed by atoms with Crippen molar-refractivity contribution in [3.8, 4) is 0 Å². The van der Waals surface area contributed by atoms with Crippen LogP contribution in [0.1, 0.15) is 11.1 Å². The summed E-state index contributed by atoms with van der Waals surface area (Å²) in [4.78, 5) is 37.7. The highest BCUT2D eigenvalue weighted by Crippen LogP contribution is 2.29. The lowest BCUT2D eigenvalue weighted by Crippen LogP contribution is -2.64. The van der Waals surface area contributed by atoms with Crippen LogP contribution < -0.4 is 5.32 Å². The summed E-state index contributed by atoms with van der Waals surface area (Å²) in [5.74, 6) is 0.119. The van der Waals surface area contributed by atoms with Gasteiger partial charge in [0.2, 0.25) is 0 Å². The minimum atomic E-state index is -0.634. The first-order chi connectivity index (χ1) is 16.4. The summed E-state index contributed by atoms with van der Waals surface area (Å²) < 4.78 is 14.1. The molecule has 3 heterocycles. The number of imide groups is 1. The number of nitrogens with one attached hydrogen (secondary N) is 1. The summed E-state index contributed by atoms with van der Waals surface area (Å²) in [6, 6.07) is 13.3. The van der Waals surface area contributed by atoms with E-state index in [4.69, 9.17) is 16.6 Å². The van der Waals surface area contributed by atoms with Crippen molar-refractivity contribution in [3.05, 3.63) is 70.5 Å². The van der Waals surface area contributed by atoms with Crippen LogP contribution in [0.25, 0.3) is 0 Å². The van der Waals surface area contributed by atoms with Gasteiger partial charge in [0.25, 0.3) is 5.91 Å². The molecule has 5 rings (SSSR count). The van der Waals surface area contributed by atoms with Crippen LogP contribution in [0, 0.1) is 5.82 Å². The molecule has 2 saturated heterocycles. The van der Waals surface area contributed by atoms with Crippen molar-refractivity contribution >= 4 is 29.5 Å². The Morgan fingerprint density at radius 2 is 1.68 bits per heavy atom. The van der Waals surface area contributed by atoms with Crippen LogP contribution >= 0.6 is 11.6 Å². The summed E-state index contributed by atoms with van der Waals surface area (Å²) >= 11 is 6.43. The van der Waals surface area contributed by atoms with Crippen LogP contribution in [0.3, 0.4) is 0 Å². The molecule has 3 aliphatic rings. The number of rotatable bonds is 4. The van der Waals surface area contributed by atoms with E-state index in [1.54, 1.807) is 13.1 Å². The Bertz CT molecular complexity index is 1140. The number of guanidine groups is 1. The van der Waals surface area contributed by atoms with Crippen LogP contribution in [-0.4, -0.2) is 82.9 Å². The zero-order chi connectivity index (χ0) is 23.8. The van der Waals surface area contributed by atoms with Gasteiger partial charge in [0.1, 0.15) is 5.82 Å². The lowest BCUT2D eigenvalue weighted by molar-refractivity contribution is -0.127. The molecule has 2 aromatic rings. The monoisotopic (exact) mass is 484 g/mol. The summed E-state index contributed by atoms with van der Waals surface area (Å²) in [5.41, 5.74) is 1.56. The zero-order valence-electron chi connectivity index (χ0n) is 18.8. The molecule has 2 unspecified atom stereocenters. The van der Waals surface area contributed by atoms with Crippen LogP contribution in [-0.2, 0) is 17.9 Å². The Hall–Kier alpha value is -3.17. The van der Waals surface area contributed by atoms with Crippen LogP contribution in [0.15, 0.2) is 53.5 Å². The maximum absolute atomic E-state index is 14.1. The summed E-state index contributed by atoms with van der Waals surface area (Å²) in [6.07, 6.45) is -0.602. The van der Waals surface area contributed by atoms with Gasteiger partial charge in [0.05, 0.1) is 0 Å². The molecule has 2 atom stereocenters. The molecule has 178 valence electrons.